The molecule has 7 nitrogen and oxygen atoms in total. The first-order valence-corrected chi connectivity index (χ1v) is 9.28. The smallest absolute Gasteiger partial charge is 0.408 e. The number of alkyl carbamates (subject to hydrolysis) is 1. The normalized spacial score (nSPS) is 16.2. The monoisotopic (exact) mass is 394 g/mol. The minimum absolute atomic E-state index is 0.376. The van der Waals surface area contributed by atoms with E-state index >= 15 is 0 Å². The van der Waals surface area contributed by atoms with Gasteiger partial charge >= 0.3 is 12.1 Å². The number of halogens is 1. The van der Waals surface area contributed by atoms with Gasteiger partial charge in [0.15, 0.2) is 12.1 Å². The van der Waals surface area contributed by atoms with Crippen LogP contribution in [0.3, 0.4) is 0 Å². The molecule has 0 aliphatic carbocycles. The first-order chi connectivity index (χ1) is 13.1. The Hall–Kier alpha value is -2.64. The van der Waals surface area contributed by atoms with Crippen molar-refractivity contribution < 1.29 is 28.2 Å². The average molecular weight is 394 g/mol. The van der Waals surface area contributed by atoms with Gasteiger partial charge in [0.25, 0.3) is 0 Å². The fourth-order valence-corrected chi connectivity index (χ4v) is 3.00. The quantitative estimate of drug-likeness (QED) is 0.776. The summed E-state index contributed by atoms with van der Waals surface area (Å²) in [5, 5.41) is 2.55. The van der Waals surface area contributed by atoms with E-state index in [1.165, 1.54) is 31.2 Å². The largest absolute Gasteiger partial charge is 0.455 e. The molecule has 2 unspecified atom stereocenters. The maximum absolute atomic E-state index is 13.3. The standard InChI is InChI=1S/C20H27FN2O5/c1-13(24)27-17(14-7-9-15(21)10-8-14)16(18(25)23-11-5-6-12-23)22-19(26)28-20(2,3)4/h7-10,16-17H,5-6,11-12H2,1-4H3,(H,22,26). The lowest BCUT2D eigenvalue weighted by Gasteiger charge is -2.31. The van der Waals surface area contributed by atoms with Crippen molar-refractivity contribution in [1.82, 2.24) is 10.2 Å². The van der Waals surface area contributed by atoms with Crippen LogP contribution in [-0.4, -0.2) is 47.6 Å². The molecular formula is C20H27FN2O5. The van der Waals surface area contributed by atoms with Crippen LogP contribution in [0.4, 0.5) is 9.18 Å². The Labute approximate surface area is 164 Å². The zero-order valence-electron chi connectivity index (χ0n) is 16.7. The van der Waals surface area contributed by atoms with Gasteiger partial charge in [0.05, 0.1) is 0 Å². The molecule has 1 saturated heterocycles. The number of carbonyl (C=O) groups is 3. The number of nitrogens with zero attached hydrogens (tertiary/aromatic N) is 1. The minimum Gasteiger partial charge on any atom is -0.455 e. The maximum atomic E-state index is 13.3. The molecule has 0 radical (unpaired) electrons. The van der Waals surface area contributed by atoms with Crippen LogP contribution in [0.25, 0.3) is 0 Å². The van der Waals surface area contributed by atoms with Crippen LogP contribution in [0.15, 0.2) is 24.3 Å². The zero-order chi connectivity index (χ0) is 20.9. The summed E-state index contributed by atoms with van der Waals surface area (Å²) >= 11 is 0. The van der Waals surface area contributed by atoms with Gasteiger partial charge in [0.2, 0.25) is 5.91 Å². The van der Waals surface area contributed by atoms with Crippen molar-refractivity contribution in [3.05, 3.63) is 35.6 Å². The number of amides is 2. The van der Waals surface area contributed by atoms with E-state index in [4.69, 9.17) is 9.47 Å². The van der Waals surface area contributed by atoms with Crippen LogP contribution in [-0.2, 0) is 19.1 Å². The highest BCUT2D eigenvalue weighted by molar-refractivity contribution is 5.87. The van der Waals surface area contributed by atoms with E-state index in [1.54, 1.807) is 25.7 Å². The molecule has 0 saturated carbocycles. The van der Waals surface area contributed by atoms with Gasteiger partial charge in [0.1, 0.15) is 11.4 Å². The molecule has 1 aromatic rings. The van der Waals surface area contributed by atoms with Gasteiger partial charge in [-0.25, -0.2) is 9.18 Å². The fourth-order valence-electron chi connectivity index (χ4n) is 3.00. The van der Waals surface area contributed by atoms with Crippen molar-refractivity contribution >= 4 is 18.0 Å². The third-order valence-corrected chi connectivity index (χ3v) is 4.15. The zero-order valence-corrected chi connectivity index (χ0v) is 16.7. The molecule has 28 heavy (non-hydrogen) atoms. The lowest BCUT2D eigenvalue weighted by atomic mass is 10.0. The van der Waals surface area contributed by atoms with Crippen LogP contribution >= 0.6 is 0 Å². The highest BCUT2D eigenvalue weighted by Gasteiger charge is 2.38. The molecule has 2 amide bonds. The molecule has 154 valence electrons. The highest BCUT2D eigenvalue weighted by atomic mass is 19.1. The van der Waals surface area contributed by atoms with E-state index in [2.05, 4.69) is 5.32 Å². The number of hydrogen-bond donors (Lipinski definition) is 1. The van der Waals surface area contributed by atoms with Crippen molar-refractivity contribution in [3.63, 3.8) is 0 Å². The first-order valence-electron chi connectivity index (χ1n) is 9.28. The van der Waals surface area contributed by atoms with Crippen LogP contribution in [0.5, 0.6) is 0 Å². The Bertz CT molecular complexity index is 708. The number of ether oxygens (including phenoxy) is 2. The second-order valence-electron chi connectivity index (χ2n) is 7.74. The number of carbonyl (C=O) groups excluding carboxylic acids is 3. The van der Waals surface area contributed by atoms with Gasteiger partial charge in [-0.15, -0.1) is 0 Å². The van der Waals surface area contributed by atoms with E-state index in [0.29, 0.717) is 18.7 Å². The number of rotatable bonds is 5. The van der Waals surface area contributed by atoms with Crippen LogP contribution in [0.2, 0.25) is 0 Å². The van der Waals surface area contributed by atoms with Crippen LogP contribution < -0.4 is 5.32 Å². The summed E-state index contributed by atoms with van der Waals surface area (Å²) in [5.41, 5.74) is -0.372. The van der Waals surface area contributed by atoms with E-state index in [9.17, 15) is 18.8 Å². The predicted molar refractivity (Wildman–Crippen MR) is 99.9 cm³/mol. The third-order valence-electron chi connectivity index (χ3n) is 4.15. The summed E-state index contributed by atoms with van der Waals surface area (Å²) in [4.78, 5) is 38.8. The van der Waals surface area contributed by atoms with Gasteiger partial charge < -0.3 is 19.7 Å². The van der Waals surface area contributed by atoms with Gasteiger partial charge in [-0.05, 0) is 51.3 Å². The maximum Gasteiger partial charge on any atom is 0.408 e. The Balaban J connectivity index is 2.35. The van der Waals surface area contributed by atoms with Gasteiger partial charge in [0, 0.05) is 20.0 Å². The number of esters is 1. The molecular weight excluding hydrogens is 367 g/mol. The summed E-state index contributed by atoms with van der Waals surface area (Å²) < 4.78 is 24.0. The van der Waals surface area contributed by atoms with E-state index in [-0.39, 0.29) is 5.91 Å². The van der Waals surface area contributed by atoms with Gasteiger partial charge in [-0.2, -0.15) is 0 Å². The summed E-state index contributed by atoms with van der Waals surface area (Å²) in [6.07, 6.45) is -0.192. The van der Waals surface area contributed by atoms with E-state index in [1.807, 2.05) is 0 Å². The Morgan fingerprint density at radius 1 is 1.11 bits per heavy atom. The van der Waals surface area contributed by atoms with Gasteiger partial charge in [-0.1, -0.05) is 12.1 Å². The molecule has 8 heteroatoms. The fraction of sp³-hybridized carbons (Fsp3) is 0.550. The molecule has 2 atom stereocenters. The first kappa shape index (κ1) is 21.7. The SMILES string of the molecule is CC(=O)OC(c1ccc(F)cc1)C(NC(=O)OC(C)(C)C)C(=O)N1CCCC1. The summed E-state index contributed by atoms with van der Waals surface area (Å²) in [7, 11) is 0. The summed E-state index contributed by atoms with van der Waals surface area (Å²) in [6, 6.07) is 4.06. The van der Waals surface area contributed by atoms with Crippen molar-refractivity contribution in [3.8, 4) is 0 Å². The van der Waals surface area contributed by atoms with Crippen molar-refractivity contribution in [2.75, 3.05) is 13.1 Å². The Morgan fingerprint density at radius 2 is 1.68 bits per heavy atom. The molecule has 2 rings (SSSR count). The van der Waals surface area contributed by atoms with E-state index in [0.717, 1.165) is 12.8 Å². The number of hydrogen-bond acceptors (Lipinski definition) is 5. The van der Waals surface area contributed by atoms with Crippen LogP contribution in [0, 0.1) is 5.82 Å². The molecule has 1 aromatic carbocycles. The highest BCUT2D eigenvalue weighted by Crippen LogP contribution is 2.25. The van der Waals surface area contributed by atoms with Crippen molar-refractivity contribution in [1.29, 1.82) is 0 Å². The molecule has 1 aliphatic heterocycles. The van der Waals surface area contributed by atoms with Crippen LogP contribution in [0.1, 0.15) is 52.2 Å². The Kier molecular flexibility index (Phi) is 6.99. The summed E-state index contributed by atoms with van der Waals surface area (Å²) in [5.74, 6) is -1.47. The second kappa shape index (κ2) is 9.03. The average Bonchev–Trinajstić information content (AvgIpc) is 3.11. The lowest BCUT2D eigenvalue weighted by Crippen LogP contribution is -2.52. The molecule has 0 aromatic heterocycles. The lowest BCUT2D eigenvalue weighted by molar-refractivity contribution is -0.152. The summed E-state index contributed by atoms with van der Waals surface area (Å²) in [6.45, 7) is 7.43. The molecule has 0 spiro atoms. The number of nitrogens with one attached hydrogen (secondary N) is 1. The Morgan fingerprint density at radius 3 is 2.18 bits per heavy atom. The van der Waals surface area contributed by atoms with Crippen molar-refractivity contribution in [2.45, 2.75) is 58.3 Å². The molecule has 0 bridgehead atoms. The van der Waals surface area contributed by atoms with Gasteiger partial charge in [-0.3, -0.25) is 9.59 Å². The molecule has 1 aliphatic rings. The molecule has 1 fully saturated rings. The number of likely N-dealkylation sites (tertiary alicyclic amines) is 1. The van der Waals surface area contributed by atoms with E-state index < -0.39 is 35.6 Å². The molecule has 1 N–H and O–H groups in total. The second-order valence-corrected chi connectivity index (χ2v) is 7.74. The topological polar surface area (TPSA) is 84.9 Å². The predicted octanol–water partition coefficient (Wildman–Crippen LogP) is 2.95. The third kappa shape index (κ3) is 6.21. The minimum atomic E-state index is -1.19. The molecule has 1 heterocycles. The number of benzene rings is 1. The van der Waals surface area contributed by atoms with Crippen molar-refractivity contribution in [2.24, 2.45) is 0 Å².